The Balaban J connectivity index is 1.34. The number of carbonyl (C=O) groups is 1. The van der Waals surface area contributed by atoms with Crippen molar-refractivity contribution in [3.8, 4) is 5.69 Å². The van der Waals surface area contributed by atoms with Gasteiger partial charge in [0.05, 0.1) is 11.4 Å². The molecule has 0 N–H and O–H groups in total. The van der Waals surface area contributed by atoms with Crippen molar-refractivity contribution in [2.24, 2.45) is 0 Å². The summed E-state index contributed by atoms with van der Waals surface area (Å²) in [7, 11) is 0. The number of carbonyl (C=O) groups excluding carboxylic acids is 1. The Morgan fingerprint density at radius 2 is 1.71 bits per heavy atom. The molecule has 0 aliphatic carbocycles. The lowest BCUT2D eigenvalue weighted by molar-refractivity contribution is -0.128. The molecule has 0 spiro atoms. The highest BCUT2D eigenvalue weighted by Crippen LogP contribution is 2.22. The number of piperazine rings is 1. The molecule has 0 bridgehead atoms. The molecule has 4 rings (SSSR count). The van der Waals surface area contributed by atoms with E-state index in [1.165, 1.54) is 29.8 Å². The van der Waals surface area contributed by atoms with Crippen LogP contribution in [0.4, 0.5) is 10.1 Å². The fourth-order valence-corrected chi connectivity index (χ4v) is 4.03. The highest BCUT2D eigenvalue weighted by molar-refractivity contribution is 7.99. The Morgan fingerprint density at radius 3 is 2.46 bits per heavy atom. The first-order chi connectivity index (χ1) is 13.7. The SMILES string of the molecule is O=C(CSc1nncn1-c1ccccc1F)N1CCN(c2ccccc2)CC1. The number of hydrogen-bond acceptors (Lipinski definition) is 5. The number of thioether (sulfide) groups is 1. The normalized spacial score (nSPS) is 14.3. The lowest BCUT2D eigenvalue weighted by Crippen LogP contribution is -2.49. The first kappa shape index (κ1) is 18.5. The number of halogens is 1. The summed E-state index contributed by atoms with van der Waals surface area (Å²) in [4.78, 5) is 16.8. The number of para-hydroxylation sites is 2. The van der Waals surface area contributed by atoms with Crippen LogP contribution in [0, 0.1) is 5.82 Å². The minimum Gasteiger partial charge on any atom is -0.368 e. The Bertz CT molecular complexity index is 941. The summed E-state index contributed by atoms with van der Waals surface area (Å²) in [6.07, 6.45) is 1.46. The van der Waals surface area contributed by atoms with Crippen molar-refractivity contribution in [2.75, 3.05) is 36.8 Å². The van der Waals surface area contributed by atoms with Gasteiger partial charge in [0, 0.05) is 31.9 Å². The molecule has 3 aromatic rings. The van der Waals surface area contributed by atoms with Gasteiger partial charge in [-0.25, -0.2) is 4.39 Å². The Labute approximate surface area is 167 Å². The first-order valence-corrected chi connectivity index (χ1v) is 10.1. The molecule has 0 radical (unpaired) electrons. The molecule has 2 heterocycles. The van der Waals surface area contributed by atoms with Gasteiger partial charge in [-0.15, -0.1) is 10.2 Å². The van der Waals surface area contributed by atoms with Crippen LogP contribution in [0.15, 0.2) is 66.1 Å². The van der Waals surface area contributed by atoms with Crippen LogP contribution in [-0.2, 0) is 4.79 Å². The molecule has 1 saturated heterocycles. The molecule has 1 aromatic heterocycles. The number of benzene rings is 2. The van der Waals surface area contributed by atoms with E-state index in [4.69, 9.17) is 0 Å². The minimum atomic E-state index is -0.354. The molecule has 0 atom stereocenters. The van der Waals surface area contributed by atoms with Crippen molar-refractivity contribution >= 4 is 23.4 Å². The largest absolute Gasteiger partial charge is 0.368 e. The van der Waals surface area contributed by atoms with Crippen molar-refractivity contribution in [1.82, 2.24) is 19.7 Å². The zero-order chi connectivity index (χ0) is 19.3. The molecular formula is C20H20FN5OS. The Morgan fingerprint density at radius 1 is 1.00 bits per heavy atom. The fraction of sp³-hybridized carbons (Fsp3) is 0.250. The van der Waals surface area contributed by atoms with Gasteiger partial charge >= 0.3 is 0 Å². The maximum absolute atomic E-state index is 14.0. The smallest absolute Gasteiger partial charge is 0.233 e. The second-order valence-electron chi connectivity index (χ2n) is 6.43. The topological polar surface area (TPSA) is 54.3 Å². The predicted molar refractivity (Wildman–Crippen MR) is 107 cm³/mol. The van der Waals surface area contributed by atoms with E-state index in [0.29, 0.717) is 23.9 Å². The summed E-state index contributed by atoms with van der Waals surface area (Å²) < 4.78 is 15.6. The molecule has 2 aromatic carbocycles. The standard InChI is InChI=1S/C20H20FN5OS/c21-17-8-4-5-9-18(17)26-15-22-23-20(26)28-14-19(27)25-12-10-24(11-13-25)16-6-2-1-3-7-16/h1-9,15H,10-14H2. The zero-order valence-corrected chi connectivity index (χ0v) is 16.1. The third kappa shape index (κ3) is 4.01. The van der Waals surface area contributed by atoms with Gasteiger partial charge in [0.15, 0.2) is 5.16 Å². The monoisotopic (exact) mass is 397 g/mol. The van der Waals surface area contributed by atoms with Gasteiger partial charge in [0.1, 0.15) is 12.1 Å². The van der Waals surface area contributed by atoms with Crippen LogP contribution in [0.3, 0.4) is 0 Å². The van der Waals surface area contributed by atoms with Crippen molar-refractivity contribution < 1.29 is 9.18 Å². The van der Waals surface area contributed by atoms with Crippen LogP contribution in [0.5, 0.6) is 0 Å². The number of rotatable bonds is 5. The van der Waals surface area contributed by atoms with Crippen molar-refractivity contribution in [1.29, 1.82) is 0 Å². The third-order valence-corrected chi connectivity index (χ3v) is 5.63. The predicted octanol–water partition coefficient (Wildman–Crippen LogP) is 2.85. The molecule has 8 heteroatoms. The maximum atomic E-state index is 14.0. The van der Waals surface area contributed by atoms with Crippen LogP contribution >= 0.6 is 11.8 Å². The van der Waals surface area contributed by atoms with Crippen molar-refractivity contribution in [2.45, 2.75) is 5.16 Å². The first-order valence-electron chi connectivity index (χ1n) is 9.08. The van der Waals surface area contributed by atoms with E-state index in [1.807, 2.05) is 23.1 Å². The number of aromatic nitrogens is 3. The molecule has 0 unspecified atom stereocenters. The van der Waals surface area contributed by atoms with Crippen molar-refractivity contribution in [3.63, 3.8) is 0 Å². The van der Waals surface area contributed by atoms with Gasteiger partial charge in [-0.2, -0.15) is 0 Å². The van der Waals surface area contributed by atoms with E-state index < -0.39 is 0 Å². The molecular weight excluding hydrogens is 377 g/mol. The summed E-state index contributed by atoms with van der Waals surface area (Å²) in [5.74, 6) is -0.0494. The summed E-state index contributed by atoms with van der Waals surface area (Å²) in [5.41, 5.74) is 1.56. The number of hydrogen-bond donors (Lipinski definition) is 0. The zero-order valence-electron chi connectivity index (χ0n) is 15.2. The molecule has 1 fully saturated rings. The lowest BCUT2D eigenvalue weighted by Gasteiger charge is -2.36. The quantitative estimate of drug-likeness (QED) is 0.620. The van der Waals surface area contributed by atoms with Crippen LogP contribution in [0.25, 0.3) is 5.69 Å². The van der Waals surface area contributed by atoms with Gasteiger partial charge in [0.2, 0.25) is 5.91 Å². The highest BCUT2D eigenvalue weighted by atomic mass is 32.2. The van der Waals surface area contributed by atoms with Crippen LogP contribution < -0.4 is 4.90 Å². The summed E-state index contributed by atoms with van der Waals surface area (Å²) in [5, 5.41) is 8.40. The van der Waals surface area contributed by atoms with E-state index in [1.54, 1.807) is 22.8 Å². The summed E-state index contributed by atoms with van der Waals surface area (Å²) >= 11 is 1.27. The Hall–Kier alpha value is -2.87. The van der Waals surface area contributed by atoms with E-state index in [2.05, 4.69) is 27.2 Å². The molecule has 144 valence electrons. The average molecular weight is 397 g/mol. The minimum absolute atomic E-state index is 0.0563. The van der Waals surface area contributed by atoms with E-state index in [-0.39, 0.29) is 17.5 Å². The van der Waals surface area contributed by atoms with E-state index in [9.17, 15) is 9.18 Å². The molecule has 28 heavy (non-hydrogen) atoms. The lowest BCUT2D eigenvalue weighted by atomic mass is 10.2. The fourth-order valence-electron chi connectivity index (χ4n) is 3.21. The second-order valence-corrected chi connectivity index (χ2v) is 7.37. The van der Waals surface area contributed by atoms with E-state index in [0.717, 1.165) is 13.1 Å². The van der Waals surface area contributed by atoms with E-state index >= 15 is 0 Å². The third-order valence-electron chi connectivity index (χ3n) is 4.71. The van der Waals surface area contributed by atoms with Gasteiger partial charge < -0.3 is 9.80 Å². The molecule has 6 nitrogen and oxygen atoms in total. The molecule has 0 saturated carbocycles. The van der Waals surface area contributed by atoms with Crippen molar-refractivity contribution in [3.05, 3.63) is 66.7 Å². The van der Waals surface area contributed by atoms with Crippen LogP contribution in [0.1, 0.15) is 0 Å². The summed E-state index contributed by atoms with van der Waals surface area (Å²) in [6, 6.07) is 16.7. The molecule has 1 aliphatic heterocycles. The molecule has 1 amide bonds. The average Bonchev–Trinajstić information content (AvgIpc) is 3.21. The molecule has 1 aliphatic rings. The maximum Gasteiger partial charge on any atom is 0.233 e. The number of nitrogens with zero attached hydrogens (tertiary/aromatic N) is 5. The number of amides is 1. The second kappa shape index (κ2) is 8.43. The summed E-state index contributed by atoms with van der Waals surface area (Å²) in [6.45, 7) is 3.00. The highest BCUT2D eigenvalue weighted by Gasteiger charge is 2.22. The van der Waals surface area contributed by atoms with Gasteiger partial charge in [-0.05, 0) is 24.3 Å². The van der Waals surface area contributed by atoms with Crippen LogP contribution in [0.2, 0.25) is 0 Å². The number of anilines is 1. The van der Waals surface area contributed by atoms with Gasteiger partial charge in [-0.3, -0.25) is 9.36 Å². The van der Waals surface area contributed by atoms with Crippen LogP contribution in [-0.4, -0.2) is 57.5 Å². The van der Waals surface area contributed by atoms with Gasteiger partial charge in [0.25, 0.3) is 0 Å². The van der Waals surface area contributed by atoms with Gasteiger partial charge in [-0.1, -0.05) is 42.1 Å². The Kier molecular flexibility index (Phi) is 5.57.